The van der Waals surface area contributed by atoms with Crippen molar-refractivity contribution in [3.8, 4) is 0 Å². The maximum atomic E-state index is 12.7. The van der Waals surface area contributed by atoms with Crippen molar-refractivity contribution in [2.24, 2.45) is 11.8 Å². The lowest BCUT2D eigenvalue weighted by Crippen LogP contribution is -2.30. The van der Waals surface area contributed by atoms with Crippen LogP contribution in [0, 0.1) is 11.8 Å². The Morgan fingerprint density at radius 3 is 0.945 bits per heavy atom. The largest absolute Gasteiger partial charge is 0.462 e. The van der Waals surface area contributed by atoms with Gasteiger partial charge in [-0.1, -0.05) is 227 Å². The van der Waals surface area contributed by atoms with Crippen molar-refractivity contribution < 1.29 is 28.6 Å². The van der Waals surface area contributed by atoms with Gasteiger partial charge >= 0.3 is 17.9 Å². The molecule has 0 N–H and O–H groups in total. The van der Waals surface area contributed by atoms with Crippen LogP contribution in [-0.2, 0) is 28.6 Å². The summed E-state index contributed by atoms with van der Waals surface area (Å²) in [5, 5.41) is 0. The Morgan fingerprint density at radius 2 is 0.636 bits per heavy atom. The van der Waals surface area contributed by atoms with E-state index in [4.69, 9.17) is 14.2 Å². The summed E-state index contributed by atoms with van der Waals surface area (Å²) in [6.45, 7) is 11.4. The van der Waals surface area contributed by atoms with Crippen LogP contribution in [0.4, 0.5) is 0 Å². The Balaban J connectivity index is 4.35. The number of hydrogen-bond donors (Lipinski definition) is 0. The molecule has 0 saturated carbocycles. The van der Waals surface area contributed by atoms with Gasteiger partial charge in [-0.2, -0.15) is 0 Å². The van der Waals surface area contributed by atoms with E-state index in [0.717, 1.165) is 69.6 Å². The number of rotatable bonds is 43. The van der Waals surface area contributed by atoms with Crippen LogP contribution in [-0.4, -0.2) is 37.2 Å². The van der Waals surface area contributed by atoms with Crippen LogP contribution in [0.2, 0.25) is 0 Å². The number of esters is 3. The third-order valence-corrected chi connectivity index (χ3v) is 11.7. The van der Waals surface area contributed by atoms with Crippen molar-refractivity contribution in [2.45, 2.75) is 272 Å². The molecule has 3 atom stereocenters. The summed E-state index contributed by atoms with van der Waals surface area (Å²) in [6.07, 6.45) is 40.7. The van der Waals surface area contributed by atoms with Gasteiger partial charge < -0.3 is 14.2 Å². The number of carbonyl (C=O) groups excluding carboxylic acids is 3. The summed E-state index contributed by atoms with van der Waals surface area (Å²) in [6, 6.07) is 0. The molecular weight excluding hydrogens is 685 g/mol. The lowest BCUT2D eigenvalue weighted by atomic mass is 9.99. The molecule has 0 amide bonds. The van der Waals surface area contributed by atoms with Gasteiger partial charge in [0.15, 0.2) is 6.10 Å². The smallest absolute Gasteiger partial charge is 0.306 e. The molecule has 0 aliphatic rings. The second-order valence-electron chi connectivity index (χ2n) is 17.2. The maximum Gasteiger partial charge on any atom is 0.306 e. The fourth-order valence-corrected chi connectivity index (χ4v) is 7.22. The fraction of sp³-hybridized carbons (Fsp3) is 0.939. The Morgan fingerprint density at radius 1 is 0.364 bits per heavy atom. The maximum absolute atomic E-state index is 12.7. The lowest BCUT2D eigenvalue weighted by molar-refractivity contribution is -0.167. The zero-order valence-electron chi connectivity index (χ0n) is 37.6. The highest BCUT2D eigenvalue weighted by atomic mass is 16.6. The first-order chi connectivity index (χ1) is 26.8. The molecule has 0 aromatic rings. The van der Waals surface area contributed by atoms with E-state index in [1.54, 1.807) is 0 Å². The van der Waals surface area contributed by atoms with E-state index in [-0.39, 0.29) is 31.1 Å². The van der Waals surface area contributed by atoms with E-state index < -0.39 is 6.10 Å². The first-order valence-electron chi connectivity index (χ1n) is 24.3. The minimum atomic E-state index is -0.761. The summed E-state index contributed by atoms with van der Waals surface area (Å²) >= 11 is 0. The van der Waals surface area contributed by atoms with Crippen LogP contribution < -0.4 is 0 Å². The highest BCUT2D eigenvalue weighted by molar-refractivity contribution is 5.71. The number of ether oxygens (including phenoxy) is 3. The van der Waals surface area contributed by atoms with Gasteiger partial charge in [0.25, 0.3) is 0 Å². The first-order valence-corrected chi connectivity index (χ1v) is 24.3. The van der Waals surface area contributed by atoms with Crippen molar-refractivity contribution in [1.82, 2.24) is 0 Å². The monoisotopic (exact) mass is 779 g/mol. The number of unbranched alkanes of at least 4 members (excludes halogenated alkanes) is 26. The minimum Gasteiger partial charge on any atom is -0.462 e. The molecule has 0 aromatic carbocycles. The summed E-state index contributed by atoms with van der Waals surface area (Å²) in [5.74, 6) is 0.837. The van der Waals surface area contributed by atoms with Crippen molar-refractivity contribution in [2.75, 3.05) is 13.2 Å². The van der Waals surface area contributed by atoms with Crippen LogP contribution >= 0.6 is 0 Å². The van der Waals surface area contributed by atoms with Gasteiger partial charge in [-0.25, -0.2) is 0 Å². The molecule has 0 spiro atoms. The Labute approximate surface area is 342 Å². The third kappa shape index (κ3) is 40.4. The predicted octanol–water partition coefficient (Wildman–Crippen LogP) is 15.4. The average molecular weight is 779 g/mol. The molecule has 2 unspecified atom stereocenters. The molecule has 0 fully saturated rings. The second kappa shape index (κ2) is 42.0. The molecule has 0 aromatic heterocycles. The van der Waals surface area contributed by atoms with Gasteiger partial charge in [-0.05, 0) is 31.1 Å². The Bertz CT molecular complexity index is 843. The third-order valence-electron chi connectivity index (χ3n) is 11.7. The van der Waals surface area contributed by atoms with Crippen LogP contribution in [0.3, 0.4) is 0 Å². The van der Waals surface area contributed by atoms with E-state index >= 15 is 0 Å². The van der Waals surface area contributed by atoms with Gasteiger partial charge in [0.05, 0.1) is 0 Å². The molecular formula is C49H94O6. The molecule has 0 heterocycles. The summed E-state index contributed by atoms with van der Waals surface area (Å²) in [5.41, 5.74) is 0. The highest BCUT2D eigenvalue weighted by Gasteiger charge is 2.19. The Kier molecular flexibility index (Phi) is 40.8. The molecule has 6 nitrogen and oxygen atoms in total. The first kappa shape index (κ1) is 53.4. The zero-order chi connectivity index (χ0) is 40.5. The SMILES string of the molecule is CCCCCCCCCCCCCCCC(=O)OC[C@@H](COC(=O)CCCCCCCCCCC(C)CC)OC(=O)CCCCCCCCCCC(C)CC. The summed E-state index contributed by atoms with van der Waals surface area (Å²) < 4.78 is 16.8. The summed E-state index contributed by atoms with van der Waals surface area (Å²) in [4.78, 5) is 37.8. The predicted molar refractivity (Wildman–Crippen MR) is 233 cm³/mol. The van der Waals surface area contributed by atoms with E-state index in [2.05, 4.69) is 34.6 Å². The summed E-state index contributed by atoms with van der Waals surface area (Å²) in [7, 11) is 0. The van der Waals surface area contributed by atoms with Crippen LogP contribution in [0.15, 0.2) is 0 Å². The average Bonchev–Trinajstić information content (AvgIpc) is 3.18. The molecule has 6 heteroatoms. The highest BCUT2D eigenvalue weighted by Crippen LogP contribution is 2.18. The normalized spacial score (nSPS) is 13.0. The van der Waals surface area contributed by atoms with Gasteiger partial charge in [-0.3, -0.25) is 14.4 Å². The standard InChI is InChI=1S/C49H94O6/c1-6-9-10-11-12-13-14-15-16-17-24-29-34-39-47(50)53-42-46(55-49(52)41-36-31-26-21-19-23-28-33-38-45(5)8-3)43-54-48(51)40-35-30-25-20-18-22-27-32-37-44(4)7-2/h44-46H,6-43H2,1-5H3/t44?,45?,46-/m0/s1. The van der Waals surface area contributed by atoms with Crippen LogP contribution in [0.1, 0.15) is 266 Å². The topological polar surface area (TPSA) is 78.9 Å². The molecule has 326 valence electrons. The number of hydrogen-bond acceptors (Lipinski definition) is 6. The molecule has 0 radical (unpaired) electrons. The van der Waals surface area contributed by atoms with Crippen molar-refractivity contribution in [3.63, 3.8) is 0 Å². The van der Waals surface area contributed by atoms with Gasteiger partial charge in [-0.15, -0.1) is 0 Å². The fourth-order valence-electron chi connectivity index (χ4n) is 7.22. The van der Waals surface area contributed by atoms with Crippen molar-refractivity contribution in [3.05, 3.63) is 0 Å². The molecule has 0 aliphatic heterocycles. The van der Waals surface area contributed by atoms with E-state index in [0.29, 0.717) is 19.3 Å². The van der Waals surface area contributed by atoms with Gasteiger partial charge in [0.2, 0.25) is 0 Å². The van der Waals surface area contributed by atoms with E-state index in [1.807, 2.05) is 0 Å². The molecule has 0 aliphatic carbocycles. The molecule has 0 bridgehead atoms. The van der Waals surface area contributed by atoms with Crippen molar-refractivity contribution in [1.29, 1.82) is 0 Å². The Hall–Kier alpha value is -1.59. The van der Waals surface area contributed by atoms with E-state index in [1.165, 1.54) is 154 Å². The van der Waals surface area contributed by atoms with Gasteiger partial charge in [0, 0.05) is 19.3 Å². The van der Waals surface area contributed by atoms with Crippen LogP contribution in [0.25, 0.3) is 0 Å². The lowest BCUT2D eigenvalue weighted by Gasteiger charge is -2.18. The molecule has 0 saturated heterocycles. The van der Waals surface area contributed by atoms with E-state index in [9.17, 15) is 14.4 Å². The second-order valence-corrected chi connectivity index (χ2v) is 17.2. The number of carbonyl (C=O) groups is 3. The zero-order valence-corrected chi connectivity index (χ0v) is 37.6. The molecule has 55 heavy (non-hydrogen) atoms. The van der Waals surface area contributed by atoms with Crippen LogP contribution in [0.5, 0.6) is 0 Å². The van der Waals surface area contributed by atoms with Gasteiger partial charge in [0.1, 0.15) is 13.2 Å². The molecule has 0 rings (SSSR count). The van der Waals surface area contributed by atoms with Crippen molar-refractivity contribution >= 4 is 17.9 Å². The minimum absolute atomic E-state index is 0.0648. The quantitative estimate of drug-likeness (QED) is 0.0348.